The van der Waals surface area contributed by atoms with Crippen LogP contribution in [-0.4, -0.2) is 43.5 Å². The molecule has 2 aliphatic rings. The Morgan fingerprint density at radius 1 is 1.31 bits per heavy atom. The molecular weight excluding hydrogens is 200 g/mol. The van der Waals surface area contributed by atoms with Crippen LogP contribution in [0.15, 0.2) is 12.7 Å². The summed E-state index contributed by atoms with van der Waals surface area (Å²) in [6.07, 6.45) is 6.72. The molecule has 0 aromatic carbocycles. The molecule has 2 rings (SSSR count). The van der Waals surface area contributed by atoms with E-state index in [2.05, 4.69) is 11.5 Å². The van der Waals surface area contributed by atoms with Gasteiger partial charge in [0.15, 0.2) is 0 Å². The van der Waals surface area contributed by atoms with Crippen molar-refractivity contribution >= 4 is 5.91 Å². The molecule has 0 bridgehead atoms. The van der Waals surface area contributed by atoms with Crippen LogP contribution in [0, 0.1) is 5.92 Å². The Morgan fingerprint density at radius 2 is 1.94 bits per heavy atom. The molecule has 16 heavy (non-hydrogen) atoms. The van der Waals surface area contributed by atoms with Crippen molar-refractivity contribution in [3.8, 4) is 0 Å². The molecule has 90 valence electrons. The minimum absolute atomic E-state index is 0.348. The molecule has 0 spiro atoms. The third-order valence-corrected chi connectivity index (χ3v) is 3.92. The molecule has 1 heterocycles. The van der Waals surface area contributed by atoms with Gasteiger partial charge in [0, 0.05) is 5.92 Å². The minimum Gasteiger partial charge on any atom is -0.331 e. The van der Waals surface area contributed by atoms with E-state index in [1.807, 2.05) is 6.08 Å². The van der Waals surface area contributed by atoms with Gasteiger partial charge in [-0.2, -0.15) is 0 Å². The van der Waals surface area contributed by atoms with E-state index in [9.17, 15) is 4.79 Å². The number of carbonyl (C=O) groups is 1. The summed E-state index contributed by atoms with van der Waals surface area (Å²) in [7, 11) is 0. The predicted octanol–water partition coefficient (Wildman–Crippen LogP) is 0.0897. The quantitative estimate of drug-likeness (QED) is 0.674. The summed E-state index contributed by atoms with van der Waals surface area (Å²) < 4.78 is 0. The van der Waals surface area contributed by atoms with Crippen molar-refractivity contribution in [2.45, 2.75) is 25.7 Å². The molecule has 0 unspecified atom stereocenters. The minimum atomic E-state index is 0.348. The van der Waals surface area contributed by atoms with Crippen LogP contribution in [0.5, 0.6) is 0 Å². The molecule has 1 aliphatic heterocycles. The van der Waals surface area contributed by atoms with Gasteiger partial charge < -0.3 is 9.80 Å². The summed E-state index contributed by atoms with van der Waals surface area (Å²) in [5.41, 5.74) is 0. The summed E-state index contributed by atoms with van der Waals surface area (Å²) in [5, 5.41) is 0. The van der Waals surface area contributed by atoms with E-state index in [4.69, 9.17) is 0 Å². The molecule has 0 aromatic heterocycles. The first-order valence-electron chi connectivity index (χ1n) is 6.54. The lowest BCUT2D eigenvalue weighted by Crippen LogP contribution is -3.14. The van der Waals surface area contributed by atoms with Crippen LogP contribution in [0.4, 0.5) is 0 Å². The molecule has 1 saturated carbocycles. The van der Waals surface area contributed by atoms with Crippen LogP contribution in [0.25, 0.3) is 0 Å². The fourth-order valence-corrected chi connectivity index (χ4v) is 2.88. The summed E-state index contributed by atoms with van der Waals surface area (Å²) in [6.45, 7) is 8.87. The maximum Gasteiger partial charge on any atom is 0.226 e. The highest BCUT2D eigenvalue weighted by Crippen LogP contribution is 2.26. The topological polar surface area (TPSA) is 24.8 Å². The van der Waals surface area contributed by atoms with Crippen molar-refractivity contribution in [1.29, 1.82) is 0 Å². The van der Waals surface area contributed by atoms with Crippen LogP contribution >= 0.6 is 0 Å². The molecule has 1 N–H and O–H groups in total. The highest BCUT2D eigenvalue weighted by molar-refractivity contribution is 5.79. The Bertz CT molecular complexity index is 251. The summed E-state index contributed by atoms with van der Waals surface area (Å²) in [5.74, 6) is 0.774. The Balaban J connectivity index is 1.79. The molecule has 1 amide bonds. The average molecular weight is 223 g/mol. The van der Waals surface area contributed by atoms with Crippen LogP contribution in [-0.2, 0) is 4.79 Å². The zero-order valence-electron chi connectivity index (χ0n) is 10.1. The fourth-order valence-electron chi connectivity index (χ4n) is 2.88. The van der Waals surface area contributed by atoms with Gasteiger partial charge in [-0.25, -0.2) is 0 Å². The monoisotopic (exact) mass is 223 g/mol. The lowest BCUT2D eigenvalue weighted by atomic mass is 10.1. The molecular formula is C13H23N2O+. The molecule has 1 aliphatic carbocycles. The van der Waals surface area contributed by atoms with E-state index in [0.717, 1.165) is 45.6 Å². The number of amides is 1. The normalized spacial score (nSPS) is 23.6. The van der Waals surface area contributed by atoms with E-state index in [1.54, 1.807) is 4.90 Å². The second-order valence-electron chi connectivity index (χ2n) is 5.05. The van der Waals surface area contributed by atoms with Gasteiger partial charge in [0.1, 0.15) is 0 Å². The van der Waals surface area contributed by atoms with Gasteiger partial charge >= 0.3 is 0 Å². The number of carbonyl (C=O) groups excluding carboxylic acids is 1. The third kappa shape index (κ3) is 2.64. The molecule has 2 fully saturated rings. The predicted molar refractivity (Wildman–Crippen MR) is 64.3 cm³/mol. The number of nitrogens with zero attached hydrogens (tertiary/aromatic N) is 1. The molecule has 0 radical (unpaired) electrons. The lowest BCUT2D eigenvalue weighted by Gasteiger charge is -2.33. The van der Waals surface area contributed by atoms with Crippen molar-refractivity contribution in [2.75, 3.05) is 32.7 Å². The van der Waals surface area contributed by atoms with Crippen LogP contribution in [0.2, 0.25) is 0 Å². The van der Waals surface area contributed by atoms with Crippen LogP contribution in [0.3, 0.4) is 0 Å². The molecule has 0 atom stereocenters. The zero-order valence-corrected chi connectivity index (χ0v) is 10.1. The van der Waals surface area contributed by atoms with Crippen molar-refractivity contribution in [3.05, 3.63) is 12.7 Å². The van der Waals surface area contributed by atoms with E-state index >= 15 is 0 Å². The molecule has 3 nitrogen and oxygen atoms in total. The summed E-state index contributed by atoms with van der Waals surface area (Å²) in [4.78, 5) is 15.8. The van der Waals surface area contributed by atoms with Crippen LogP contribution < -0.4 is 4.90 Å². The summed E-state index contributed by atoms with van der Waals surface area (Å²) >= 11 is 0. The number of quaternary nitrogens is 1. The Kier molecular flexibility index (Phi) is 3.99. The number of hydrogen-bond donors (Lipinski definition) is 1. The highest BCUT2D eigenvalue weighted by Gasteiger charge is 2.30. The van der Waals surface area contributed by atoms with Crippen LogP contribution in [0.1, 0.15) is 25.7 Å². The van der Waals surface area contributed by atoms with Gasteiger partial charge in [-0.15, -0.1) is 0 Å². The SMILES string of the molecule is C=CC[NH+]1CCN(C(=O)C2CCCC2)CC1. The smallest absolute Gasteiger partial charge is 0.226 e. The Morgan fingerprint density at radius 3 is 2.50 bits per heavy atom. The maximum absolute atomic E-state index is 12.2. The van der Waals surface area contributed by atoms with Gasteiger partial charge in [0.2, 0.25) is 5.91 Å². The number of piperazine rings is 1. The standard InChI is InChI=1S/C13H22N2O/c1-2-7-14-8-10-15(11-9-14)13(16)12-5-3-4-6-12/h2,12H,1,3-11H2/p+1. The summed E-state index contributed by atoms with van der Waals surface area (Å²) in [6, 6.07) is 0. The zero-order chi connectivity index (χ0) is 11.4. The van der Waals surface area contributed by atoms with E-state index in [-0.39, 0.29) is 0 Å². The fraction of sp³-hybridized carbons (Fsp3) is 0.769. The van der Waals surface area contributed by atoms with Crippen molar-refractivity contribution in [3.63, 3.8) is 0 Å². The average Bonchev–Trinajstić information content (AvgIpc) is 2.83. The first kappa shape index (κ1) is 11.6. The van der Waals surface area contributed by atoms with Crippen molar-refractivity contribution < 1.29 is 9.69 Å². The van der Waals surface area contributed by atoms with E-state index < -0.39 is 0 Å². The van der Waals surface area contributed by atoms with Gasteiger partial charge in [-0.1, -0.05) is 19.4 Å². The van der Waals surface area contributed by atoms with Crippen molar-refractivity contribution in [1.82, 2.24) is 4.90 Å². The highest BCUT2D eigenvalue weighted by atomic mass is 16.2. The van der Waals surface area contributed by atoms with Crippen molar-refractivity contribution in [2.24, 2.45) is 5.92 Å². The Hall–Kier alpha value is -0.830. The number of hydrogen-bond acceptors (Lipinski definition) is 1. The molecule has 1 saturated heterocycles. The molecule has 3 heteroatoms. The number of rotatable bonds is 3. The second kappa shape index (κ2) is 5.48. The van der Waals surface area contributed by atoms with Gasteiger partial charge in [-0.05, 0) is 18.9 Å². The van der Waals surface area contributed by atoms with Gasteiger partial charge in [0.05, 0.1) is 32.7 Å². The van der Waals surface area contributed by atoms with E-state index in [0.29, 0.717) is 11.8 Å². The third-order valence-electron chi connectivity index (χ3n) is 3.92. The maximum atomic E-state index is 12.2. The second-order valence-corrected chi connectivity index (χ2v) is 5.05. The number of nitrogens with one attached hydrogen (secondary N) is 1. The largest absolute Gasteiger partial charge is 0.331 e. The van der Waals surface area contributed by atoms with Gasteiger partial charge in [0.25, 0.3) is 0 Å². The lowest BCUT2D eigenvalue weighted by molar-refractivity contribution is -0.898. The molecule has 0 aromatic rings. The van der Waals surface area contributed by atoms with Gasteiger partial charge in [-0.3, -0.25) is 4.79 Å². The van der Waals surface area contributed by atoms with E-state index in [1.165, 1.54) is 12.8 Å². The Labute approximate surface area is 98.1 Å². The first-order valence-corrected chi connectivity index (χ1v) is 6.54. The first-order chi connectivity index (χ1) is 7.81.